The number of hydrogen-bond acceptors (Lipinski definition) is 2. The lowest BCUT2D eigenvalue weighted by Gasteiger charge is -2.41. The maximum Gasteiger partial charge on any atom is 0.409 e. The van der Waals surface area contributed by atoms with Crippen molar-refractivity contribution in [3.63, 3.8) is 0 Å². The van der Waals surface area contributed by atoms with Crippen molar-refractivity contribution in [1.82, 2.24) is 4.90 Å². The number of ether oxygens (including phenoxy) is 1. The summed E-state index contributed by atoms with van der Waals surface area (Å²) < 4.78 is 5.31. The number of rotatable bonds is 1. The fourth-order valence-corrected chi connectivity index (χ4v) is 3.23. The molecule has 0 aromatic heterocycles. The molecule has 1 unspecified atom stereocenters. The molecule has 1 aliphatic carbocycles. The van der Waals surface area contributed by atoms with E-state index >= 15 is 0 Å². The van der Waals surface area contributed by atoms with Crippen LogP contribution in [0.25, 0.3) is 0 Å². The summed E-state index contributed by atoms with van der Waals surface area (Å²) in [6, 6.07) is 0. The van der Waals surface area contributed by atoms with Gasteiger partial charge < -0.3 is 9.84 Å². The van der Waals surface area contributed by atoms with Gasteiger partial charge in [-0.3, -0.25) is 4.90 Å². The molecule has 2 aliphatic rings. The van der Waals surface area contributed by atoms with E-state index < -0.39 is 6.09 Å². The molecule has 2 fully saturated rings. The number of nitrogens with zero attached hydrogens (tertiary/aromatic N) is 1. The summed E-state index contributed by atoms with van der Waals surface area (Å²) in [7, 11) is 1.60. The van der Waals surface area contributed by atoms with Crippen molar-refractivity contribution in [3.05, 3.63) is 0 Å². The number of amides is 1. The Kier molecular flexibility index (Phi) is 3.10. The SMILES string of the molecule is COC1CC2(CCC(C)(C)CC2)CN1C(=O)O. The van der Waals surface area contributed by atoms with Crippen LogP contribution in [0.1, 0.15) is 46.0 Å². The van der Waals surface area contributed by atoms with Crippen LogP contribution in [0.15, 0.2) is 0 Å². The molecule has 2 rings (SSSR count). The van der Waals surface area contributed by atoms with Crippen molar-refractivity contribution < 1.29 is 14.6 Å². The highest BCUT2D eigenvalue weighted by Gasteiger charge is 2.48. The maximum absolute atomic E-state index is 11.2. The van der Waals surface area contributed by atoms with Gasteiger partial charge in [0, 0.05) is 13.7 Å². The number of hydrogen-bond donors (Lipinski definition) is 1. The predicted molar refractivity (Wildman–Crippen MR) is 64.8 cm³/mol. The van der Waals surface area contributed by atoms with Crippen LogP contribution >= 0.6 is 0 Å². The smallest absolute Gasteiger partial charge is 0.409 e. The summed E-state index contributed by atoms with van der Waals surface area (Å²) in [6.07, 6.45) is 4.42. The van der Waals surface area contributed by atoms with E-state index in [0.29, 0.717) is 12.0 Å². The minimum Gasteiger partial charge on any atom is -0.465 e. The maximum atomic E-state index is 11.2. The molecule has 0 bridgehead atoms. The molecule has 4 heteroatoms. The van der Waals surface area contributed by atoms with Gasteiger partial charge in [-0.1, -0.05) is 13.8 Å². The highest BCUT2D eigenvalue weighted by molar-refractivity contribution is 5.65. The molecule has 0 radical (unpaired) electrons. The summed E-state index contributed by atoms with van der Waals surface area (Å²) in [4.78, 5) is 12.6. The fourth-order valence-electron chi connectivity index (χ4n) is 3.23. The van der Waals surface area contributed by atoms with Gasteiger partial charge in [-0.05, 0) is 42.9 Å². The van der Waals surface area contributed by atoms with E-state index in [1.54, 1.807) is 7.11 Å². The highest BCUT2D eigenvalue weighted by Crippen LogP contribution is 2.51. The fraction of sp³-hybridized carbons (Fsp3) is 0.923. The second-order valence-electron chi connectivity index (χ2n) is 6.47. The second kappa shape index (κ2) is 4.16. The van der Waals surface area contributed by atoms with Crippen molar-refractivity contribution >= 4 is 6.09 Å². The van der Waals surface area contributed by atoms with Crippen LogP contribution in [-0.4, -0.2) is 36.0 Å². The van der Waals surface area contributed by atoms with Crippen LogP contribution < -0.4 is 0 Å². The van der Waals surface area contributed by atoms with Crippen LogP contribution in [0.3, 0.4) is 0 Å². The van der Waals surface area contributed by atoms with Gasteiger partial charge in [-0.25, -0.2) is 4.79 Å². The molecule has 17 heavy (non-hydrogen) atoms. The molecule has 0 aromatic rings. The van der Waals surface area contributed by atoms with Gasteiger partial charge in [0.15, 0.2) is 0 Å². The van der Waals surface area contributed by atoms with Gasteiger partial charge in [0.2, 0.25) is 0 Å². The van der Waals surface area contributed by atoms with Crippen LogP contribution in [0, 0.1) is 10.8 Å². The van der Waals surface area contributed by atoms with Gasteiger partial charge in [0.05, 0.1) is 0 Å². The van der Waals surface area contributed by atoms with E-state index in [1.807, 2.05) is 0 Å². The summed E-state index contributed by atoms with van der Waals surface area (Å²) >= 11 is 0. The number of likely N-dealkylation sites (tertiary alicyclic amines) is 1. The van der Waals surface area contributed by atoms with Crippen LogP contribution in [-0.2, 0) is 4.74 Å². The van der Waals surface area contributed by atoms with Crippen molar-refractivity contribution in [2.75, 3.05) is 13.7 Å². The Morgan fingerprint density at radius 2 is 1.88 bits per heavy atom. The minimum atomic E-state index is -0.849. The number of carboxylic acid groups (broad SMARTS) is 1. The zero-order chi connectivity index (χ0) is 12.7. The van der Waals surface area contributed by atoms with E-state index in [2.05, 4.69) is 13.8 Å². The van der Waals surface area contributed by atoms with Crippen LogP contribution in [0.5, 0.6) is 0 Å². The lowest BCUT2D eigenvalue weighted by atomic mass is 9.65. The van der Waals surface area contributed by atoms with Gasteiger partial charge in [0.25, 0.3) is 0 Å². The summed E-state index contributed by atoms with van der Waals surface area (Å²) in [5, 5.41) is 9.18. The van der Waals surface area contributed by atoms with Gasteiger partial charge in [0.1, 0.15) is 6.23 Å². The Balaban J connectivity index is 2.07. The number of methoxy groups -OCH3 is 1. The summed E-state index contributed by atoms with van der Waals surface area (Å²) in [5.74, 6) is 0. The monoisotopic (exact) mass is 241 g/mol. The molecule has 1 N–H and O–H groups in total. The molecule has 4 nitrogen and oxygen atoms in total. The first-order valence-corrected chi connectivity index (χ1v) is 6.40. The van der Waals surface area contributed by atoms with E-state index in [9.17, 15) is 9.90 Å². The highest BCUT2D eigenvalue weighted by atomic mass is 16.5. The quantitative estimate of drug-likeness (QED) is 0.768. The Bertz CT molecular complexity index is 304. The van der Waals surface area contributed by atoms with E-state index in [4.69, 9.17) is 4.74 Å². The van der Waals surface area contributed by atoms with E-state index in [-0.39, 0.29) is 11.6 Å². The molecule has 1 saturated carbocycles. The minimum absolute atomic E-state index is 0.175. The molecule has 98 valence electrons. The van der Waals surface area contributed by atoms with Crippen molar-refractivity contribution in [1.29, 1.82) is 0 Å². The van der Waals surface area contributed by atoms with Crippen LogP contribution in [0.2, 0.25) is 0 Å². The molecule has 1 heterocycles. The van der Waals surface area contributed by atoms with Crippen molar-refractivity contribution in [3.8, 4) is 0 Å². The Labute approximate surface area is 103 Å². The van der Waals surface area contributed by atoms with Crippen molar-refractivity contribution in [2.45, 2.75) is 52.2 Å². The molecule has 1 spiro atoms. The van der Waals surface area contributed by atoms with E-state index in [0.717, 1.165) is 19.3 Å². The molecule has 1 aliphatic heterocycles. The molecule has 1 amide bonds. The standard InChI is InChI=1S/C13H23NO3/c1-12(2)4-6-13(7-5-12)8-10(17-3)14(9-13)11(15)16/h10H,4-9H2,1-3H3,(H,15,16). The van der Waals surface area contributed by atoms with Crippen molar-refractivity contribution in [2.24, 2.45) is 10.8 Å². The van der Waals surface area contributed by atoms with E-state index in [1.165, 1.54) is 17.7 Å². The lowest BCUT2D eigenvalue weighted by molar-refractivity contribution is 0.00275. The molecule has 1 saturated heterocycles. The zero-order valence-corrected chi connectivity index (χ0v) is 11.0. The first-order valence-electron chi connectivity index (χ1n) is 6.40. The third-order valence-corrected chi connectivity index (χ3v) is 4.64. The van der Waals surface area contributed by atoms with Crippen LogP contribution in [0.4, 0.5) is 4.79 Å². The molecule has 1 atom stereocenters. The normalized spacial score (nSPS) is 30.8. The molecular formula is C13H23NO3. The van der Waals surface area contributed by atoms with Gasteiger partial charge in [-0.15, -0.1) is 0 Å². The Morgan fingerprint density at radius 3 is 2.29 bits per heavy atom. The largest absolute Gasteiger partial charge is 0.465 e. The summed E-state index contributed by atoms with van der Waals surface area (Å²) in [6.45, 7) is 5.26. The topological polar surface area (TPSA) is 49.8 Å². The first-order chi connectivity index (χ1) is 7.87. The van der Waals surface area contributed by atoms with Gasteiger partial charge >= 0.3 is 6.09 Å². The summed E-state index contributed by atoms with van der Waals surface area (Å²) in [5.41, 5.74) is 0.596. The van der Waals surface area contributed by atoms with Gasteiger partial charge in [-0.2, -0.15) is 0 Å². The lowest BCUT2D eigenvalue weighted by Crippen LogP contribution is -2.37. The molecule has 0 aromatic carbocycles. The molecular weight excluding hydrogens is 218 g/mol. The number of carbonyl (C=O) groups is 1. The third-order valence-electron chi connectivity index (χ3n) is 4.64. The first kappa shape index (κ1) is 12.7. The average Bonchev–Trinajstić information content (AvgIpc) is 2.63. The predicted octanol–water partition coefficient (Wildman–Crippen LogP) is 2.93. The Morgan fingerprint density at radius 1 is 1.29 bits per heavy atom. The third kappa shape index (κ3) is 2.41. The average molecular weight is 241 g/mol. The Hall–Kier alpha value is -0.770. The second-order valence-corrected chi connectivity index (χ2v) is 6.47. The zero-order valence-electron chi connectivity index (χ0n) is 11.0.